The minimum atomic E-state index is -0.307. The number of hydrogen-bond acceptors (Lipinski definition) is 4. The monoisotopic (exact) mass is 171 g/mol. The summed E-state index contributed by atoms with van der Waals surface area (Å²) < 4.78 is 9.87. The summed E-state index contributed by atoms with van der Waals surface area (Å²) in [6, 6.07) is 0. The van der Waals surface area contributed by atoms with Crippen molar-refractivity contribution in [2.24, 2.45) is 5.73 Å². The Balaban J connectivity index is 2.64. The van der Waals surface area contributed by atoms with Crippen LogP contribution >= 0.6 is 0 Å². The van der Waals surface area contributed by atoms with Crippen LogP contribution in [0.4, 0.5) is 0 Å². The molecule has 4 heteroatoms. The van der Waals surface area contributed by atoms with Crippen LogP contribution in [0, 0.1) is 0 Å². The van der Waals surface area contributed by atoms with E-state index in [1.807, 2.05) is 0 Å². The first-order chi connectivity index (χ1) is 5.75. The molecule has 0 spiro atoms. The van der Waals surface area contributed by atoms with Crippen LogP contribution in [0.25, 0.3) is 0 Å². The zero-order valence-corrected chi connectivity index (χ0v) is 7.13. The molecule has 0 bridgehead atoms. The molecule has 1 heterocycles. The lowest BCUT2D eigenvalue weighted by Gasteiger charge is -2.16. The number of hydrogen-bond donors (Lipinski definition) is 1. The number of ether oxygens (including phenoxy) is 2. The molecule has 68 valence electrons. The van der Waals surface area contributed by atoms with Gasteiger partial charge in [0.05, 0.1) is 25.4 Å². The summed E-state index contributed by atoms with van der Waals surface area (Å²) in [5.74, 6) is -0.307. The van der Waals surface area contributed by atoms with Crippen molar-refractivity contribution in [1.82, 2.24) is 0 Å². The minimum Gasteiger partial charge on any atom is -0.463 e. The number of carbonyl (C=O) groups is 1. The zero-order chi connectivity index (χ0) is 8.97. The Morgan fingerprint density at radius 2 is 2.50 bits per heavy atom. The largest absolute Gasteiger partial charge is 0.463 e. The lowest BCUT2D eigenvalue weighted by molar-refractivity contribution is -0.139. The Bertz CT molecular complexity index is 210. The van der Waals surface area contributed by atoms with Crippen LogP contribution in [-0.2, 0) is 14.3 Å². The van der Waals surface area contributed by atoms with E-state index in [1.54, 1.807) is 6.92 Å². The predicted molar refractivity (Wildman–Crippen MR) is 43.3 cm³/mol. The van der Waals surface area contributed by atoms with Gasteiger partial charge in [0.15, 0.2) is 0 Å². The van der Waals surface area contributed by atoms with Crippen molar-refractivity contribution >= 4 is 5.97 Å². The van der Waals surface area contributed by atoms with Gasteiger partial charge in [-0.1, -0.05) is 0 Å². The fourth-order valence-electron chi connectivity index (χ4n) is 1.06. The van der Waals surface area contributed by atoms with Gasteiger partial charge in [0.1, 0.15) is 0 Å². The van der Waals surface area contributed by atoms with Gasteiger partial charge in [0.2, 0.25) is 0 Å². The highest BCUT2D eigenvalue weighted by Gasteiger charge is 2.18. The Labute approximate surface area is 71.3 Å². The normalized spacial score (nSPS) is 17.8. The fraction of sp³-hybridized carbons (Fsp3) is 0.625. The van der Waals surface area contributed by atoms with Crippen LogP contribution in [0.15, 0.2) is 11.3 Å². The predicted octanol–water partition coefficient (Wildman–Crippen LogP) is 0.183. The van der Waals surface area contributed by atoms with E-state index in [2.05, 4.69) is 0 Å². The van der Waals surface area contributed by atoms with E-state index >= 15 is 0 Å². The SMILES string of the molecule is CCOC(=O)C1=C(N)COCC1. The van der Waals surface area contributed by atoms with Crippen LogP contribution < -0.4 is 5.73 Å². The van der Waals surface area contributed by atoms with Crippen LogP contribution in [0.5, 0.6) is 0 Å². The van der Waals surface area contributed by atoms with Crippen molar-refractivity contribution in [1.29, 1.82) is 0 Å². The molecule has 0 aromatic heterocycles. The molecule has 1 rings (SSSR count). The van der Waals surface area contributed by atoms with Crippen molar-refractivity contribution < 1.29 is 14.3 Å². The number of nitrogens with two attached hydrogens (primary N) is 1. The van der Waals surface area contributed by atoms with Crippen molar-refractivity contribution in [3.05, 3.63) is 11.3 Å². The molecule has 1 aliphatic rings. The topological polar surface area (TPSA) is 61.5 Å². The maximum atomic E-state index is 11.2. The molecule has 0 saturated carbocycles. The summed E-state index contributed by atoms with van der Waals surface area (Å²) in [5, 5.41) is 0. The molecule has 0 aromatic carbocycles. The molecule has 2 N–H and O–H groups in total. The first kappa shape index (κ1) is 9.06. The van der Waals surface area contributed by atoms with Gasteiger partial charge in [0, 0.05) is 12.1 Å². The van der Waals surface area contributed by atoms with Crippen molar-refractivity contribution in [2.45, 2.75) is 13.3 Å². The molecule has 4 nitrogen and oxygen atoms in total. The Morgan fingerprint density at radius 1 is 1.75 bits per heavy atom. The first-order valence-electron chi connectivity index (χ1n) is 3.98. The van der Waals surface area contributed by atoms with E-state index in [9.17, 15) is 4.79 Å². The van der Waals surface area contributed by atoms with Gasteiger partial charge in [-0.25, -0.2) is 4.79 Å². The molecule has 0 aliphatic carbocycles. The van der Waals surface area contributed by atoms with E-state index in [1.165, 1.54) is 0 Å². The van der Waals surface area contributed by atoms with E-state index in [0.717, 1.165) is 0 Å². The highest BCUT2D eigenvalue weighted by molar-refractivity contribution is 5.89. The van der Waals surface area contributed by atoms with Gasteiger partial charge >= 0.3 is 5.97 Å². The Kier molecular flexibility index (Phi) is 3.10. The van der Waals surface area contributed by atoms with Gasteiger partial charge in [-0.2, -0.15) is 0 Å². The molecule has 0 fully saturated rings. The molecule has 0 saturated heterocycles. The average molecular weight is 171 g/mol. The zero-order valence-electron chi connectivity index (χ0n) is 7.13. The van der Waals surface area contributed by atoms with Crippen molar-refractivity contribution in [2.75, 3.05) is 19.8 Å². The molecule has 1 aliphatic heterocycles. The lowest BCUT2D eigenvalue weighted by atomic mass is 10.1. The third-order valence-electron chi connectivity index (χ3n) is 1.66. The molecule has 0 aromatic rings. The highest BCUT2D eigenvalue weighted by atomic mass is 16.5. The van der Waals surface area contributed by atoms with Crippen LogP contribution in [0.3, 0.4) is 0 Å². The number of rotatable bonds is 2. The smallest absolute Gasteiger partial charge is 0.335 e. The Morgan fingerprint density at radius 3 is 3.08 bits per heavy atom. The second kappa shape index (κ2) is 4.11. The molecule has 0 unspecified atom stereocenters. The quantitative estimate of drug-likeness (QED) is 0.602. The lowest BCUT2D eigenvalue weighted by Crippen LogP contribution is -2.23. The van der Waals surface area contributed by atoms with Crippen LogP contribution in [0.2, 0.25) is 0 Å². The molecule has 0 radical (unpaired) electrons. The van der Waals surface area contributed by atoms with Crippen molar-refractivity contribution in [3.63, 3.8) is 0 Å². The van der Waals surface area contributed by atoms with Gasteiger partial charge in [-0.15, -0.1) is 0 Å². The van der Waals surface area contributed by atoms with Crippen LogP contribution in [-0.4, -0.2) is 25.8 Å². The highest BCUT2D eigenvalue weighted by Crippen LogP contribution is 2.13. The summed E-state index contributed by atoms with van der Waals surface area (Å²) >= 11 is 0. The molecule has 0 atom stereocenters. The minimum absolute atomic E-state index is 0.307. The summed E-state index contributed by atoms with van der Waals surface area (Å²) in [4.78, 5) is 11.2. The average Bonchev–Trinajstić information content (AvgIpc) is 2.05. The van der Waals surface area contributed by atoms with E-state index in [-0.39, 0.29) is 5.97 Å². The second-order valence-electron chi connectivity index (χ2n) is 2.53. The molecule has 0 amide bonds. The van der Waals surface area contributed by atoms with E-state index in [0.29, 0.717) is 37.5 Å². The maximum absolute atomic E-state index is 11.2. The number of esters is 1. The van der Waals surface area contributed by atoms with Gasteiger partial charge in [-0.3, -0.25) is 0 Å². The van der Waals surface area contributed by atoms with Gasteiger partial charge in [0.25, 0.3) is 0 Å². The number of carbonyl (C=O) groups excluding carboxylic acids is 1. The van der Waals surface area contributed by atoms with Crippen molar-refractivity contribution in [3.8, 4) is 0 Å². The summed E-state index contributed by atoms with van der Waals surface area (Å²) in [7, 11) is 0. The fourth-order valence-corrected chi connectivity index (χ4v) is 1.06. The van der Waals surface area contributed by atoms with Crippen LogP contribution in [0.1, 0.15) is 13.3 Å². The Hall–Kier alpha value is -1.03. The molecular formula is C8H13NO3. The third-order valence-corrected chi connectivity index (χ3v) is 1.66. The van der Waals surface area contributed by atoms with Gasteiger partial charge < -0.3 is 15.2 Å². The first-order valence-corrected chi connectivity index (χ1v) is 3.98. The van der Waals surface area contributed by atoms with Gasteiger partial charge in [-0.05, 0) is 6.92 Å². The summed E-state index contributed by atoms with van der Waals surface area (Å²) in [6.45, 7) is 3.05. The maximum Gasteiger partial charge on any atom is 0.335 e. The molecule has 12 heavy (non-hydrogen) atoms. The summed E-state index contributed by atoms with van der Waals surface area (Å²) in [5.41, 5.74) is 6.64. The summed E-state index contributed by atoms with van der Waals surface area (Å²) in [6.07, 6.45) is 0.560. The van der Waals surface area contributed by atoms with E-state index < -0.39 is 0 Å². The van der Waals surface area contributed by atoms with E-state index in [4.69, 9.17) is 15.2 Å². The standard InChI is InChI=1S/C8H13NO3/c1-2-12-8(10)6-3-4-11-5-7(6)9/h2-5,9H2,1H3. The molecular weight excluding hydrogens is 158 g/mol. The third kappa shape index (κ3) is 1.98. The second-order valence-corrected chi connectivity index (χ2v) is 2.53.